The van der Waals surface area contributed by atoms with Crippen molar-refractivity contribution in [3.63, 3.8) is 0 Å². The summed E-state index contributed by atoms with van der Waals surface area (Å²) in [5.74, 6) is -0.0260. The van der Waals surface area contributed by atoms with E-state index < -0.39 is 37.1 Å². The predicted molar refractivity (Wildman–Crippen MR) is 123 cm³/mol. The molecule has 0 radical (unpaired) electrons. The summed E-state index contributed by atoms with van der Waals surface area (Å²) in [5.41, 5.74) is 0. The van der Waals surface area contributed by atoms with Crippen LogP contribution >= 0.6 is 0 Å². The van der Waals surface area contributed by atoms with Gasteiger partial charge in [0.15, 0.2) is 0 Å². The highest BCUT2D eigenvalue weighted by atomic mass is 16.5. The topological polar surface area (TPSA) is 107 Å². The number of allylic oxidation sites excluding steroid dienone is 2. The molecule has 0 aromatic rings. The molecule has 0 aromatic carbocycles. The molecule has 31 heavy (non-hydrogen) atoms. The molecule has 1 aliphatic rings. The number of carbonyl (C=O) groups is 1. The second kappa shape index (κ2) is 17.7. The van der Waals surface area contributed by atoms with E-state index in [1.54, 1.807) is 0 Å². The maximum Gasteiger partial charge on any atom is 0.135 e. The van der Waals surface area contributed by atoms with Crippen LogP contribution in [-0.2, 0) is 9.53 Å². The lowest BCUT2D eigenvalue weighted by Gasteiger charge is -2.39. The van der Waals surface area contributed by atoms with Crippen LogP contribution < -0.4 is 0 Å². The Morgan fingerprint density at radius 1 is 0.742 bits per heavy atom. The van der Waals surface area contributed by atoms with Gasteiger partial charge in [-0.3, -0.25) is 4.79 Å². The summed E-state index contributed by atoms with van der Waals surface area (Å²) in [6.07, 6.45) is 14.8. The van der Waals surface area contributed by atoms with Gasteiger partial charge in [-0.05, 0) is 32.1 Å². The van der Waals surface area contributed by atoms with Crippen LogP contribution in [0.1, 0.15) is 103 Å². The normalized spacial score (nSPS) is 26.5. The molecule has 0 amide bonds. The number of aliphatic hydroxyl groups is 4. The molecule has 5 atom stereocenters. The molecule has 1 aliphatic heterocycles. The Hall–Kier alpha value is -0.790. The number of Topliss-reactive ketones (excluding diaryl/α,β-unsaturated/α-hetero) is 1. The van der Waals surface area contributed by atoms with Crippen molar-refractivity contribution in [3.05, 3.63) is 12.2 Å². The Kier molecular flexibility index (Phi) is 16.2. The Balaban J connectivity index is 1.99. The molecule has 0 spiro atoms. The van der Waals surface area contributed by atoms with Gasteiger partial charge in [0.2, 0.25) is 0 Å². The number of ether oxygens (including phenoxy) is 1. The van der Waals surface area contributed by atoms with Crippen LogP contribution in [0, 0.1) is 0 Å². The second-order valence-corrected chi connectivity index (χ2v) is 8.94. The third-order valence-electron chi connectivity index (χ3n) is 6.14. The smallest absolute Gasteiger partial charge is 0.135 e. The quantitative estimate of drug-likeness (QED) is 0.190. The molecule has 4 N–H and O–H groups in total. The zero-order valence-corrected chi connectivity index (χ0v) is 19.5. The number of ketones is 1. The van der Waals surface area contributed by atoms with Crippen molar-refractivity contribution >= 4 is 5.78 Å². The van der Waals surface area contributed by atoms with Gasteiger partial charge in [0.1, 0.15) is 30.2 Å². The zero-order chi connectivity index (χ0) is 22.9. The first-order valence-electron chi connectivity index (χ1n) is 12.5. The molecule has 0 bridgehead atoms. The lowest BCUT2D eigenvalue weighted by atomic mass is 9.92. The molecule has 0 aliphatic carbocycles. The second-order valence-electron chi connectivity index (χ2n) is 8.94. The number of hydrogen-bond donors (Lipinski definition) is 4. The van der Waals surface area contributed by atoms with Crippen molar-refractivity contribution in [3.8, 4) is 0 Å². The van der Waals surface area contributed by atoms with Crippen LogP contribution in [0.2, 0.25) is 0 Å². The van der Waals surface area contributed by atoms with E-state index in [4.69, 9.17) is 4.74 Å². The SMILES string of the molecule is CCCCCCCC/C=C\CCCCCCCC(=O)C[C@@H]1OC(CO)[C@H](O)[C@H](O)C1O. The maximum atomic E-state index is 12.2. The lowest BCUT2D eigenvalue weighted by Crippen LogP contribution is -2.58. The highest BCUT2D eigenvalue weighted by molar-refractivity contribution is 5.78. The van der Waals surface area contributed by atoms with Crippen LogP contribution in [0.4, 0.5) is 0 Å². The number of aliphatic hydroxyl groups excluding tert-OH is 4. The van der Waals surface area contributed by atoms with Crippen molar-refractivity contribution in [2.45, 2.75) is 134 Å². The van der Waals surface area contributed by atoms with Gasteiger partial charge in [0.05, 0.1) is 12.7 Å². The highest BCUT2D eigenvalue weighted by Crippen LogP contribution is 2.24. The summed E-state index contributed by atoms with van der Waals surface area (Å²) >= 11 is 0. The highest BCUT2D eigenvalue weighted by Gasteiger charge is 2.43. The molecule has 1 rings (SSSR count). The van der Waals surface area contributed by atoms with Crippen molar-refractivity contribution < 1.29 is 30.0 Å². The van der Waals surface area contributed by atoms with Crippen LogP contribution in [0.5, 0.6) is 0 Å². The summed E-state index contributed by atoms with van der Waals surface area (Å²) < 4.78 is 5.39. The van der Waals surface area contributed by atoms with Gasteiger partial charge in [0.25, 0.3) is 0 Å². The number of hydrogen-bond acceptors (Lipinski definition) is 6. The Morgan fingerprint density at radius 3 is 1.84 bits per heavy atom. The van der Waals surface area contributed by atoms with Gasteiger partial charge in [-0.1, -0.05) is 70.4 Å². The standard InChI is InChI=1S/C25H46O6/c1-2-3-4-5-6-7-8-9-10-11-12-13-14-15-16-17-20(27)18-21-23(28)25(30)24(29)22(19-26)31-21/h9-10,21-26,28-30H,2-8,11-19H2,1H3/b10-9-/t21-,22?,23?,24-,25+/m0/s1. The van der Waals surface area contributed by atoms with E-state index in [1.807, 2.05) is 0 Å². The van der Waals surface area contributed by atoms with Crippen molar-refractivity contribution in [2.24, 2.45) is 0 Å². The fourth-order valence-corrected chi connectivity index (χ4v) is 4.07. The third kappa shape index (κ3) is 12.1. The minimum Gasteiger partial charge on any atom is -0.394 e. The minimum atomic E-state index is -1.41. The fraction of sp³-hybridized carbons (Fsp3) is 0.880. The first-order chi connectivity index (χ1) is 15.0. The van der Waals surface area contributed by atoms with Gasteiger partial charge in [-0.25, -0.2) is 0 Å². The molecule has 6 heteroatoms. The van der Waals surface area contributed by atoms with Crippen LogP contribution in [0.3, 0.4) is 0 Å². The molecule has 6 nitrogen and oxygen atoms in total. The average Bonchev–Trinajstić information content (AvgIpc) is 2.76. The minimum absolute atomic E-state index is 0.00908. The third-order valence-corrected chi connectivity index (χ3v) is 6.14. The van der Waals surface area contributed by atoms with Gasteiger partial charge < -0.3 is 25.2 Å². The average molecular weight is 443 g/mol. The van der Waals surface area contributed by atoms with E-state index in [0.717, 1.165) is 25.7 Å². The van der Waals surface area contributed by atoms with Crippen molar-refractivity contribution in [1.82, 2.24) is 0 Å². The lowest BCUT2D eigenvalue weighted by molar-refractivity contribution is -0.229. The van der Waals surface area contributed by atoms with E-state index in [1.165, 1.54) is 57.8 Å². The summed E-state index contributed by atoms with van der Waals surface area (Å²) in [6.45, 7) is 1.78. The van der Waals surface area contributed by atoms with E-state index in [9.17, 15) is 25.2 Å². The first-order valence-corrected chi connectivity index (χ1v) is 12.5. The monoisotopic (exact) mass is 442 g/mol. The maximum absolute atomic E-state index is 12.2. The summed E-state index contributed by atoms with van der Waals surface area (Å²) in [7, 11) is 0. The molecule has 1 heterocycles. The van der Waals surface area contributed by atoms with Gasteiger partial charge in [-0.2, -0.15) is 0 Å². The first kappa shape index (κ1) is 28.2. The number of unbranched alkanes of at least 4 members (excludes halogenated alkanes) is 11. The Morgan fingerprint density at radius 2 is 1.26 bits per heavy atom. The van der Waals surface area contributed by atoms with Crippen LogP contribution in [-0.4, -0.2) is 63.3 Å². The van der Waals surface area contributed by atoms with Crippen molar-refractivity contribution in [1.29, 1.82) is 0 Å². The number of rotatable bonds is 18. The molecular weight excluding hydrogens is 396 g/mol. The Bertz CT molecular complexity index is 479. The molecule has 182 valence electrons. The predicted octanol–water partition coefficient (Wildman–Crippen LogP) is 3.83. The van der Waals surface area contributed by atoms with E-state index in [0.29, 0.717) is 6.42 Å². The van der Waals surface area contributed by atoms with Crippen LogP contribution in [0.15, 0.2) is 12.2 Å². The number of carbonyl (C=O) groups excluding carboxylic acids is 1. The summed E-state index contributed by atoms with van der Waals surface area (Å²) in [4.78, 5) is 12.2. The molecule has 2 unspecified atom stereocenters. The van der Waals surface area contributed by atoms with E-state index in [2.05, 4.69) is 19.1 Å². The molecular formula is C25H46O6. The summed E-state index contributed by atoms with van der Waals surface area (Å²) in [6, 6.07) is 0. The van der Waals surface area contributed by atoms with E-state index in [-0.39, 0.29) is 12.2 Å². The largest absolute Gasteiger partial charge is 0.394 e. The van der Waals surface area contributed by atoms with Crippen molar-refractivity contribution in [2.75, 3.05) is 6.61 Å². The summed E-state index contributed by atoms with van der Waals surface area (Å²) in [5, 5.41) is 38.8. The fourth-order valence-electron chi connectivity index (χ4n) is 4.07. The molecule has 1 saturated heterocycles. The van der Waals surface area contributed by atoms with Gasteiger partial charge in [0, 0.05) is 12.8 Å². The molecule has 0 saturated carbocycles. The van der Waals surface area contributed by atoms with Gasteiger partial charge in [-0.15, -0.1) is 0 Å². The Labute approximate surface area is 188 Å². The zero-order valence-electron chi connectivity index (χ0n) is 19.5. The van der Waals surface area contributed by atoms with E-state index >= 15 is 0 Å². The van der Waals surface area contributed by atoms with Gasteiger partial charge >= 0.3 is 0 Å². The molecule has 0 aromatic heterocycles. The molecule has 1 fully saturated rings. The van der Waals surface area contributed by atoms with Crippen LogP contribution in [0.25, 0.3) is 0 Å².